The summed E-state index contributed by atoms with van der Waals surface area (Å²) in [5.41, 5.74) is 9.09. The Bertz CT molecular complexity index is 1640. The summed E-state index contributed by atoms with van der Waals surface area (Å²) in [5, 5.41) is 7.61. The molecule has 11 heteroatoms. The molecule has 0 spiro atoms. The number of amides is 2. The molecule has 2 aromatic heterocycles. The van der Waals surface area contributed by atoms with Gasteiger partial charge in [0.1, 0.15) is 28.9 Å². The number of anilines is 2. The molecule has 2 amide bonds. The number of aryl methyl sites for hydroxylation is 2. The first-order valence-electron chi connectivity index (χ1n) is 13.3. The zero-order valence-corrected chi connectivity index (χ0v) is 24.0. The first-order valence-corrected chi connectivity index (χ1v) is 13.7. The molecular formula is C30H31ClF2N6O2. The Balaban J connectivity index is 1.72. The monoisotopic (exact) mass is 580 g/mol. The molecule has 214 valence electrons. The Morgan fingerprint density at radius 2 is 1.95 bits per heavy atom. The average Bonchev–Trinajstić information content (AvgIpc) is 3.27. The van der Waals surface area contributed by atoms with E-state index in [1.54, 1.807) is 10.9 Å². The van der Waals surface area contributed by atoms with E-state index >= 15 is 8.78 Å². The zero-order chi connectivity index (χ0) is 29.4. The van der Waals surface area contributed by atoms with Gasteiger partial charge in [0.25, 0.3) is 0 Å². The van der Waals surface area contributed by atoms with E-state index in [0.717, 1.165) is 40.3 Å². The lowest BCUT2D eigenvalue weighted by molar-refractivity contribution is 0.259. The number of halogens is 3. The van der Waals surface area contributed by atoms with E-state index in [9.17, 15) is 4.79 Å². The molecule has 0 fully saturated rings. The fourth-order valence-corrected chi connectivity index (χ4v) is 5.30. The number of primary amides is 1. The maximum atomic E-state index is 15.8. The van der Waals surface area contributed by atoms with Crippen molar-refractivity contribution in [2.45, 2.75) is 40.7 Å². The molecule has 0 unspecified atom stereocenters. The third kappa shape index (κ3) is 5.69. The third-order valence-electron chi connectivity index (χ3n) is 6.91. The van der Waals surface area contributed by atoms with Crippen molar-refractivity contribution in [3.63, 3.8) is 0 Å². The molecule has 0 saturated heterocycles. The van der Waals surface area contributed by atoms with Crippen molar-refractivity contribution in [2.75, 3.05) is 23.4 Å². The van der Waals surface area contributed by atoms with Crippen LogP contribution in [-0.2, 0) is 13.0 Å². The first kappa shape index (κ1) is 28.4. The van der Waals surface area contributed by atoms with Crippen LogP contribution in [0.5, 0.6) is 5.75 Å². The fraction of sp³-hybridized carbons (Fsp3) is 0.300. The minimum absolute atomic E-state index is 0.00743. The van der Waals surface area contributed by atoms with E-state index in [0.29, 0.717) is 48.3 Å². The van der Waals surface area contributed by atoms with Gasteiger partial charge in [-0.1, -0.05) is 37.6 Å². The van der Waals surface area contributed by atoms with Crippen molar-refractivity contribution in [1.82, 2.24) is 14.8 Å². The summed E-state index contributed by atoms with van der Waals surface area (Å²) < 4.78 is 38.9. The number of carbonyl (C=O) groups is 1. The number of hydrogen-bond donors (Lipinski definition) is 2. The molecule has 0 bridgehead atoms. The second-order valence-corrected chi connectivity index (χ2v) is 11.0. The maximum Gasteiger partial charge on any atom is 0.316 e. The molecule has 3 N–H and O–H groups in total. The van der Waals surface area contributed by atoms with Crippen LogP contribution in [0.4, 0.5) is 25.1 Å². The summed E-state index contributed by atoms with van der Waals surface area (Å²) in [6.07, 6.45) is 2.15. The summed E-state index contributed by atoms with van der Waals surface area (Å²) in [7, 11) is 0. The summed E-state index contributed by atoms with van der Waals surface area (Å²) in [4.78, 5) is 18.0. The molecule has 5 rings (SSSR count). The Kier molecular flexibility index (Phi) is 7.86. The molecule has 1 aliphatic heterocycles. The molecule has 0 radical (unpaired) electrons. The van der Waals surface area contributed by atoms with Crippen LogP contribution in [0.25, 0.3) is 16.9 Å². The van der Waals surface area contributed by atoms with Crippen LogP contribution in [-0.4, -0.2) is 33.9 Å². The van der Waals surface area contributed by atoms with Gasteiger partial charge in [0, 0.05) is 42.9 Å². The standard InChI is InChI=1S/C30H31ClF2N6O2/c1-16(2)15-41-26-7-5-6-17(3)27(26)39-28(20-11-23(33)25(12-22(20)32)36-30(34)40)21-14-38(9-8-24(21)37-39)29-18(4)10-19(31)13-35-29/h5-7,10-13,16H,8-9,14-15H2,1-4H3,(H3,34,36,40). The molecule has 8 nitrogen and oxygen atoms in total. The normalized spacial score (nSPS) is 12.9. The van der Waals surface area contributed by atoms with Gasteiger partial charge in [-0.2, -0.15) is 5.10 Å². The van der Waals surface area contributed by atoms with Crippen LogP contribution in [0.1, 0.15) is 36.2 Å². The van der Waals surface area contributed by atoms with Gasteiger partial charge >= 0.3 is 6.03 Å². The minimum atomic E-state index is -0.994. The number of aromatic nitrogens is 3. The molecule has 2 aromatic carbocycles. The quantitative estimate of drug-likeness (QED) is 0.258. The van der Waals surface area contributed by atoms with Crippen LogP contribution in [0.3, 0.4) is 0 Å². The molecule has 0 atom stereocenters. The lowest BCUT2D eigenvalue weighted by Crippen LogP contribution is -2.31. The van der Waals surface area contributed by atoms with E-state index in [-0.39, 0.29) is 17.2 Å². The van der Waals surface area contributed by atoms with Crippen molar-refractivity contribution in [1.29, 1.82) is 0 Å². The molecular weight excluding hydrogens is 550 g/mol. The minimum Gasteiger partial charge on any atom is -0.491 e. The number of para-hydroxylation sites is 1. The van der Waals surface area contributed by atoms with Crippen LogP contribution in [0, 0.1) is 31.4 Å². The highest BCUT2D eigenvalue weighted by Gasteiger charge is 2.31. The molecule has 41 heavy (non-hydrogen) atoms. The van der Waals surface area contributed by atoms with Crippen molar-refractivity contribution in [3.8, 4) is 22.7 Å². The zero-order valence-electron chi connectivity index (χ0n) is 23.3. The van der Waals surface area contributed by atoms with Crippen LogP contribution in [0.15, 0.2) is 42.6 Å². The Morgan fingerprint density at radius 1 is 1.17 bits per heavy atom. The smallest absolute Gasteiger partial charge is 0.316 e. The Hall–Kier alpha value is -4.18. The molecule has 0 aliphatic carbocycles. The SMILES string of the molecule is Cc1cc(Cl)cnc1N1CCc2nn(-c3c(C)cccc3OCC(C)C)c(-c3cc(F)c(NC(N)=O)cc3F)c2C1. The molecule has 1 aliphatic rings. The first-order chi connectivity index (χ1) is 19.5. The number of benzene rings is 2. The van der Waals surface area contributed by atoms with Gasteiger partial charge in [0.15, 0.2) is 0 Å². The van der Waals surface area contributed by atoms with Gasteiger partial charge in [0.05, 0.1) is 28.7 Å². The second-order valence-electron chi connectivity index (χ2n) is 10.6. The maximum absolute atomic E-state index is 15.8. The van der Waals surface area contributed by atoms with Crippen LogP contribution in [0.2, 0.25) is 5.02 Å². The largest absolute Gasteiger partial charge is 0.491 e. The average molecular weight is 581 g/mol. The topological polar surface area (TPSA) is 98.3 Å². The number of pyridine rings is 1. The number of ether oxygens (including phenoxy) is 1. The van der Waals surface area contributed by atoms with E-state index in [1.165, 1.54) is 0 Å². The Labute approximate surface area is 242 Å². The molecule has 0 saturated carbocycles. The number of hydrogen-bond acceptors (Lipinski definition) is 5. The van der Waals surface area contributed by atoms with E-state index < -0.39 is 17.7 Å². The Morgan fingerprint density at radius 3 is 2.66 bits per heavy atom. The number of nitrogens with zero attached hydrogens (tertiary/aromatic N) is 4. The van der Waals surface area contributed by atoms with Crippen molar-refractivity contribution in [3.05, 3.63) is 81.6 Å². The highest BCUT2D eigenvalue weighted by atomic mass is 35.5. The van der Waals surface area contributed by atoms with E-state index in [2.05, 4.69) is 29.0 Å². The van der Waals surface area contributed by atoms with Crippen molar-refractivity contribution in [2.24, 2.45) is 11.7 Å². The van der Waals surface area contributed by atoms with Gasteiger partial charge in [-0.15, -0.1) is 0 Å². The highest BCUT2D eigenvalue weighted by Crippen LogP contribution is 2.40. The molecule has 3 heterocycles. The third-order valence-corrected chi connectivity index (χ3v) is 7.11. The molecule has 4 aromatic rings. The number of nitrogens with two attached hydrogens (primary N) is 1. The van der Waals surface area contributed by atoms with Gasteiger partial charge in [-0.25, -0.2) is 23.2 Å². The predicted octanol–water partition coefficient (Wildman–Crippen LogP) is 6.57. The van der Waals surface area contributed by atoms with Gasteiger partial charge in [0.2, 0.25) is 0 Å². The summed E-state index contributed by atoms with van der Waals surface area (Å²) in [6, 6.07) is 8.50. The lowest BCUT2D eigenvalue weighted by Gasteiger charge is -2.29. The lowest BCUT2D eigenvalue weighted by atomic mass is 9.99. The van der Waals surface area contributed by atoms with Crippen LogP contribution < -0.4 is 20.7 Å². The van der Waals surface area contributed by atoms with Gasteiger partial charge in [-0.3, -0.25) is 0 Å². The van der Waals surface area contributed by atoms with E-state index in [4.69, 9.17) is 27.2 Å². The summed E-state index contributed by atoms with van der Waals surface area (Å²) in [5.74, 6) is 0.0399. The number of carbonyl (C=O) groups excluding carboxylic acids is 1. The number of urea groups is 1. The fourth-order valence-electron chi connectivity index (χ4n) is 5.09. The van der Waals surface area contributed by atoms with Crippen LogP contribution >= 0.6 is 11.6 Å². The summed E-state index contributed by atoms with van der Waals surface area (Å²) in [6.45, 7) is 9.41. The second kappa shape index (κ2) is 11.4. The van der Waals surface area contributed by atoms with Gasteiger partial charge in [-0.05, 0) is 49.1 Å². The van der Waals surface area contributed by atoms with E-state index in [1.807, 2.05) is 38.1 Å². The van der Waals surface area contributed by atoms with Crippen molar-refractivity contribution >= 4 is 29.1 Å². The van der Waals surface area contributed by atoms with Crippen molar-refractivity contribution < 1.29 is 18.3 Å². The number of rotatable bonds is 7. The predicted molar refractivity (Wildman–Crippen MR) is 156 cm³/mol. The number of fused-ring (bicyclic) bond motifs is 1. The van der Waals surface area contributed by atoms with Gasteiger partial charge < -0.3 is 20.7 Å². The summed E-state index contributed by atoms with van der Waals surface area (Å²) >= 11 is 6.15. The highest BCUT2D eigenvalue weighted by molar-refractivity contribution is 6.30. The number of nitrogens with one attached hydrogen (secondary N) is 1.